The number of carbonyl (C=O) groups is 1. The van der Waals surface area contributed by atoms with E-state index in [2.05, 4.69) is 15.0 Å². The van der Waals surface area contributed by atoms with Crippen molar-refractivity contribution in [2.45, 2.75) is 30.6 Å². The van der Waals surface area contributed by atoms with Crippen molar-refractivity contribution in [3.8, 4) is 5.75 Å². The van der Waals surface area contributed by atoms with Crippen LogP contribution in [0.3, 0.4) is 0 Å². The summed E-state index contributed by atoms with van der Waals surface area (Å²) < 4.78 is 39.1. The first-order valence-electron chi connectivity index (χ1n) is 10.7. The zero-order valence-corrected chi connectivity index (χ0v) is 19.0. The molecule has 0 aliphatic carbocycles. The Kier molecular flexibility index (Phi) is 6.79. The number of carbonyl (C=O) groups excluding carboxylic acids is 1. The van der Waals surface area contributed by atoms with Crippen LogP contribution in [0.1, 0.15) is 31.4 Å². The van der Waals surface area contributed by atoms with Crippen LogP contribution in [0.4, 0.5) is 5.69 Å². The minimum absolute atomic E-state index is 0.0561. The molecule has 2 aromatic carbocycles. The molecule has 1 aliphatic heterocycles. The van der Waals surface area contributed by atoms with Gasteiger partial charge in [-0.25, -0.2) is 8.42 Å². The fourth-order valence-electron chi connectivity index (χ4n) is 3.55. The van der Waals surface area contributed by atoms with E-state index >= 15 is 0 Å². The van der Waals surface area contributed by atoms with Crippen LogP contribution >= 0.6 is 0 Å². The zero-order valence-electron chi connectivity index (χ0n) is 18.2. The molecule has 1 aliphatic rings. The lowest BCUT2D eigenvalue weighted by molar-refractivity contribution is -0.111. The van der Waals surface area contributed by atoms with Crippen LogP contribution in [0.5, 0.6) is 5.75 Å². The van der Waals surface area contributed by atoms with Crippen LogP contribution in [0, 0.1) is 0 Å². The summed E-state index contributed by atoms with van der Waals surface area (Å²) in [6, 6.07) is 13.4. The highest BCUT2D eigenvalue weighted by Crippen LogP contribution is 2.29. The Labute approximate surface area is 192 Å². The molecule has 0 saturated carbocycles. The molecule has 3 aromatic rings. The molecule has 9 heteroatoms. The molecule has 1 aromatic heterocycles. The van der Waals surface area contributed by atoms with Gasteiger partial charge in [0.25, 0.3) is 10.0 Å². The van der Waals surface area contributed by atoms with E-state index in [0.29, 0.717) is 41.6 Å². The first kappa shape index (κ1) is 22.6. The summed E-state index contributed by atoms with van der Waals surface area (Å²) in [5.74, 6) is 1.16. The molecule has 2 N–H and O–H groups in total. The van der Waals surface area contributed by atoms with Crippen LogP contribution < -0.4 is 14.8 Å². The highest BCUT2D eigenvalue weighted by molar-refractivity contribution is 7.90. The third-order valence-electron chi connectivity index (χ3n) is 5.18. The number of furan rings is 1. The van der Waals surface area contributed by atoms with E-state index in [0.717, 1.165) is 24.6 Å². The van der Waals surface area contributed by atoms with Crippen molar-refractivity contribution in [3.63, 3.8) is 0 Å². The Hall–Kier alpha value is -3.59. The lowest BCUT2D eigenvalue weighted by atomic mass is 10.2. The van der Waals surface area contributed by atoms with Gasteiger partial charge in [0.1, 0.15) is 11.6 Å². The van der Waals surface area contributed by atoms with Gasteiger partial charge >= 0.3 is 0 Å². The number of aliphatic imine (C=N–C) groups is 1. The predicted molar refractivity (Wildman–Crippen MR) is 128 cm³/mol. The number of sulfonamides is 1. The number of ether oxygens (including phenoxy) is 1. The summed E-state index contributed by atoms with van der Waals surface area (Å²) in [6.07, 6.45) is 6.37. The van der Waals surface area contributed by atoms with Crippen molar-refractivity contribution in [1.29, 1.82) is 0 Å². The normalized spacial score (nSPS) is 14.6. The van der Waals surface area contributed by atoms with Crippen LogP contribution in [0.2, 0.25) is 0 Å². The van der Waals surface area contributed by atoms with Crippen molar-refractivity contribution >= 4 is 44.5 Å². The number of amides is 1. The largest absolute Gasteiger partial charge is 0.493 e. The monoisotopic (exact) mass is 467 g/mol. The molecule has 4 rings (SSSR count). The molecule has 0 radical (unpaired) electrons. The number of fused-ring (bicyclic) bond motifs is 1. The summed E-state index contributed by atoms with van der Waals surface area (Å²) in [6.45, 7) is 0.623. The highest BCUT2D eigenvalue weighted by atomic mass is 32.2. The first-order chi connectivity index (χ1) is 15.9. The average molecular weight is 468 g/mol. The number of nitrogens with zero attached hydrogens (tertiary/aromatic N) is 1. The van der Waals surface area contributed by atoms with E-state index in [1.165, 1.54) is 18.2 Å². The van der Waals surface area contributed by atoms with Crippen LogP contribution in [0.15, 0.2) is 68.9 Å². The quantitative estimate of drug-likeness (QED) is 0.524. The van der Waals surface area contributed by atoms with Crippen molar-refractivity contribution in [2.24, 2.45) is 4.99 Å². The number of rotatable bonds is 6. The third kappa shape index (κ3) is 5.61. The van der Waals surface area contributed by atoms with E-state index in [1.54, 1.807) is 37.5 Å². The Morgan fingerprint density at radius 3 is 2.82 bits per heavy atom. The van der Waals surface area contributed by atoms with E-state index in [-0.39, 0.29) is 4.90 Å². The van der Waals surface area contributed by atoms with Gasteiger partial charge in [0.05, 0.1) is 12.0 Å². The summed E-state index contributed by atoms with van der Waals surface area (Å²) in [5.41, 5.74) is 0.963. The predicted octanol–water partition coefficient (Wildman–Crippen LogP) is 4.34. The maximum atomic E-state index is 12.8. The minimum Gasteiger partial charge on any atom is -0.493 e. The molecule has 0 spiro atoms. The van der Waals surface area contributed by atoms with Crippen molar-refractivity contribution < 1.29 is 22.4 Å². The molecule has 0 fully saturated rings. The molecule has 8 nitrogen and oxygen atoms in total. The maximum Gasteiger partial charge on any atom is 0.262 e. The topological polar surface area (TPSA) is 110 Å². The SMILES string of the molecule is COc1cccc2cc(/C=C/C(=O)Nc3cccc(S(=O)(=O)NC4=NCCCCC4)c3)oc12. The molecule has 0 unspecified atom stereocenters. The van der Waals surface area contributed by atoms with Gasteiger partial charge in [0.15, 0.2) is 11.3 Å². The first-order valence-corrected chi connectivity index (χ1v) is 12.1. The van der Waals surface area contributed by atoms with E-state index in [1.807, 2.05) is 12.1 Å². The lowest BCUT2D eigenvalue weighted by Gasteiger charge is -2.11. The lowest BCUT2D eigenvalue weighted by Crippen LogP contribution is -2.30. The number of hydrogen-bond donors (Lipinski definition) is 2. The Balaban J connectivity index is 1.44. The summed E-state index contributed by atoms with van der Waals surface area (Å²) >= 11 is 0. The fraction of sp³-hybridized carbons (Fsp3) is 0.250. The van der Waals surface area contributed by atoms with Crippen LogP contribution in [-0.4, -0.2) is 33.8 Å². The van der Waals surface area contributed by atoms with Gasteiger partial charge in [-0.05, 0) is 49.2 Å². The highest BCUT2D eigenvalue weighted by Gasteiger charge is 2.18. The molecule has 0 atom stereocenters. The van der Waals surface area contributed by atoms with Gasteiger partial charge in [-0.2, -0.15) is 0 Å². The van der Waals surface area contributed by atoms with Gasteiger partial charge in [0.2, 0.25) is 5.91 Å². The molecule has 0 saturated heterocycles. The summed E-state index contributed by atoms with van der Waals surface area (Å²) in [5, 5.41) is 3.54. The van der Waals surface area contributed by atoms with E-state index in [4.69, 9.17) is 9.15 Å². The Morgan fingerprint density at radius 2 is 1.97 bits per heavy atom. The third-order valence-corrected chi connectivity index (χ3v) is 6.56. The van der Waals surface area contributed by atoms with Crippen molar-refractivity contribution in [2.75, 3.05) is 19.0 Å². The molecule has 172 valence electrons. The van der Waals surface area contributed by atoms with Crippen molar-refractivity contribution in [3.05, 3.63) is 60.4 Å². The molecular weight excluding hydrogens is 442 g/mol. The van der Waals surface area contributed by atoms with Gasteiger partial charge in [0, 0.05) is 30.1 Å². The average Bonchev–Trinajstić information content (AvgIpc) is 3.06. The van der Waals surface area contributed by atoms with Crippen LogP contribution in [-0.2, 0) is 14.8 Å². The molecule has 2 heterocycles. The molecule has 0 bridgehead atoms. The van der Waals surface area contributed by atoms with E-state index in [9.17, 15) is 13.2 Å². The maximum absolute atomic E-state index is 12.8. The Bertz CT molecular complexity index is 1320. The number of nitrogens with one attached hydrogen (secondary N) is 2. The summed E-state index contributed by atoms with van der Waals surface area (Å²) in [4.78, 5) is 16.8. The number of anilines is 1. The van der Waals surface area contributed by atoms with Crippen LogP contribution in [0.25, 0.3) is 17.0 Å². The smallest absolute Gasteiger partial charge is 0.262 e. The minimum atomic E-state index is -3.79. The fourth-order valence-corrected chi connectivity index (χ4v) is 4.69. The number of benzene rings is 2. The van der Waals surface area contributed by atoms with Crippen molar-refractivity contribution in [1.82, 2.24) is 4.72 Å². The standard InChI is InChI=1S/C24H25N3O5S/c1-31-21-10-5-7-17-15-19(32-24(17)21)12-13-23(28)26-18-8-6-9-20(16-18)33(29,30)27-22-11-3-2-4-14-25-22/h5-10,12-13,15-16H,2-4,11,14H2,1H3,(H,25,27)(H,26,28)/b13-12+. The van der Waals surface area contributed by atoms with Gasteiger partial charge in [-0.1, -0.05) is 24.6 Å². The second kappa shape index (κ2) is 9.91. The van der Waals surface area contributed by atoms with Gasteiger partial charge in [-0.3, -0.25) is 14.5 Å². The van der Waals surface area contributed by atoms with Gasteiger partial charge < -0.3 is 14.5 Å². The second-order valence-corrected chi connectivity index (χ2v) is 9.30. The number of methoxy groups -OCH3 is 1. The van der Waals surface area contributed by atoms with Gasteiger partial charge in [-0.15, -0.1) is 0 Å². The molecule has 1 amide bonds. The Morgan fingerprint density at radius 1 is 1.12 bits per heavy atom. The number of para-hydroxylation sites is 1. The molecular formula is C24H25N3O5S. The van der Waals surface area contributed by atoms with E-state index < -0.39 is 15.9 Å². The number of amidine groups is 1. The number of hydrogen-bond acceptors (Lipinski definition) is 6. The summed E-state index contributed by atoms with van der Waals surface area (Å²) in [7, 11) is -2.22. The second-order valence-electron chi connectivity index (χ2n) is 7.62. The zero-order chi connectivity index (χ0) is 23.3. The molecule has 33 heavy (non-hydrogen) atoms.